The maximum atomic E-state index is 14.3. The van der Waals surface area contributed by atoms with E-state index in [1.54, 1.807) is 49.4 Å². The number of anilines is 1. The zero-order chi connectivity index (χ0) is 22.5. The first-order valence-electron chi connectivity index (χ1n) is 9.81. The lowest BCUT2D eigenvalue weighted by Gasteiger charge is -2.15. The number of rotatable bonds is 8. The van der Waals surface area contributed by atoms with Gasteiger partial charge in [-0.3, -0.25) is 9.59 Å². The molecular weight excluding hydrogens is 417 g/mol. The van der Waals surface area contributed by atoms with Gasteiger partial charge in [-0.1, -0.05) is 37.7 Å². The van der Waals surface area contributed by atoms with Gasteiger partial charge >= 0.3 is 0 Å². The predicted molar refractivity (Wildman–Crippen MR) is 119 cm³/mol. The Morgan fingerprint density at radius 1 is 1.10 bits per heavy atom. The van der Waals surface area contributed by atoms with Crippen LogP contribution in [-0.4, -0.2) is 31.8 Å². The highest BCUT2D eigenvalue weighted by molar-refractivity contribution is 8.00. The van der Waals surface area contributed by atoms with Crippen molar-refractivity contribution >= 4 is 29.3 Å². The summed E-state index contributed by atoms with van der Waals surface area (Å²) in [4.78, 5) is 23.8. The molecule has 3 N–H and O–H groups in total. The summed E-state index contributed by atoms with van der Waals surface area (Å²) >= 11 is 1.25. The highest BCUT2D eigenvalue weighted by Gasteiger charge is 2.22. The van der Waals surface area contributed by atoms with Gasteiger partial charge in [0.25, 0.3) is 0 Å². The lowest BCUT2D eigenvalue weighted by atomic mass is 10.2. The molecular formula is C22H24FN5O2S. The first-order valence-corrected chi connectivity index (χ1v) is 10.7. The number of thioether (sulfide) groups is 1. The van der Waals surface area contributed by atoms with Gasteiger partial charge in [-0.25, -0.2) is 4.39 Å². The Kier molecular flexibility index (Phi) is 7.06. The standard InChI is InChI=1S/C22H24FN5O2S/c1-13(2)12-28-20(17-6-4-5-7-18(17)23)26-27-22(28)31-14(3)21(30)25-16-10-8-15(9-11-16)19(24)29/h4-11,13-14H,12H2,1-3H3,(H2,24,29)(H,25,30). The van der Waals surface area contributed by atoms with Crippen molar-refractivity contribution in [3.8, 4) is 11.4 Å². The highest BCUT2D eigenvalue weighted by Crippen LogP contribution is 2.29. The van der Waals surface area contributed by atoms with Gasteiger partial charge in [-0.2, -0.15) is 0 Å². The van der Waals surface area contributed by atoms with Crippen LogP contribution in [0, 0.1) is 11.7 Å². The summed E-state index contributed by atoms with van der Waals surface area (Å²) in [5.74, 6) is -0.431. The average Bonchev–Trinajstić information content (AvgIpc) is 3.10. The summed E-state index contributed by atoms with van der Waals surface area (Å²) in [6, 6.07) is 12.8. The smallest absolute Gasteiger partial charge is 0.248 e. The van der Waals surface area contributed by atoms with Gasteiger partial charge in [-0.05, 0) is 49.2 Å². The number of carbonyl (C=O) groups is 2. The van der Waals surface area contributed by atoms with Gasteiger partial charge in [0.05, 0.1) is 10.8 Å². The van der Waals surface area contributed by atoms with Crippen LogP contribution in [-0.2, 0) is 11.3 Å². The molecule has 9 heteroatoms. The second-order valence-corrected chi connectivity index (χ2v) is 8.79. The Morgan fingerprint density at radius 2 is 1.77 bits per heavy atom. The summed E-state index contributed by atoms with van der Waals surface area (Å²) < 4.78 is 16.2. The molecule has 3 rings (SSSR count). The zero-order valence-electron chi connectivity index (χ0n) is 17.5. The quantitative estimate of drug-likeness (QED) is 0.515. The van der Waals surface area contributed by atoms with E-state index in [2.05, 4.69) is 15.5 Å². The van der Waals surface area contributed by atoms with E-state index < -0.39 is 11.2 Å². The molecule has 1 heterocycles. The molecule has 1 atom stereocenters. The number of nitrogens with zero attached hydrogens (tertiary/aromatic N) is 3. The van der Waals surface area contributed by atoms with Crippen molar-refractivity contribution in [1.29, 1.82) is 0 Å². The SMILES string of the molecule is CC(C)Cn1c(SC(C)C(=O)Nc2ccc(C(N)=O)cc2)nnc1-c1ccccc1F. The van der Waals surface area contributed by atoms with Crippen molar-refractivity contribution in [1.82, 2.24) is 14.8 Å². The van der Waals surface area contributed by atoms with Crippen LogP contribution in [0.25, 0.3) is 11.4 Å². The maximum Gasteiger partial charge on any atom is 0.248 e. The van der Waals surface area contributed by atoms with Crippen LogP contribution in [0.2, 0.25) is 0 Å². The molecule has 0 fully saturated rings. The number of nitrogens with one attached hydrogen (secondary N) is 1. The number of hydrogen-bond acceptors (Lipinski definition) is 5. The third-order valence-electron chi connectivity index (χ3n) is 4.47. The molecule has 0 radical (unpaired) electrons. The molecule has 0 bridgehead atoms. The van der Waals surface area contributed by atoms with Gasteiger partial charge in [0, 0.05) is 17.8 Å². The summed E-state index contributed by atoms with van der Waals surface area (Å²) in [5.41, 5.74) is 6.52. The molecule has 1 unspecified atom stereocenters. The van der Waals surface area contributed by atoms with E-state index in [9.17, 15) is 14.0 Å². The Hall–Kier alpha value is -3.20. The number of primary amides is 1. The minimum absolute atomic E-state index is 0.233. The summed E-state index contributed by atoms with van der Waals surface area (Å²) in [6.07, 6.45) is 0. The first kappa shape index (κ1) is 22.5. The van der Waals surface area contributed by atoms with Crippen LogP contribution in [0.3, 0.4) is 0 Å². The zero-order valence-corrected chi connectivity index (χ0v) is 18.3. The van der Waals surface area contributed by atoms with Crippen molar-refractivity contribution in [3.63, 3.8) is 0 Å². The monoisotopic (exact) mass is 441 g/mol. The van der Waals surface area contributed by atoms with E-state index in [1.165, 1.54) is 17.8 Å². The molecule has 162 valence electrons. The fourth-order valence-corrected chi connectivity index (χ4v) is 3.78. The largest absolute Gasteiger partial charge is 0.366 e. The van der Waals surface area contributed by atoms with Crippen molar-refractivity contribution in [3.05, 3.63) is 59.9 Å². The number of aromatic nitrogens is 3. The predicted octanol–water partition coefficient (Wildman–Crippen LogP) is 3.96. The summed E-state index contributed by atoms with van der Waals surface area (Å²) in [7, 11) is 0. The van der Waals surface area contributed by atoms with E-state index in [0.29, 0.717) is 34.3 Å². The van der Waals surface area contributed by atoms with E-state index in [1.807, 2.05) is 18.4 Å². The molecule has 0 spiro atoms. The van der Waals surface area contributed by atoms with E-state index in [0.717, 1.165) is 0 Å². The summed E-state index contributed by atoms with van der Waals surface area (Å²) in [5, 5.41) is 11.3. The highest BCUT2D eigenvalue weighted by atomic mass is 32.2. The number of benzene rings is 2. The van der Waals surface area contributed by atoms with Crippen molar-refractivity contribution in [2.45, 2.75) is 37.7 Å². The topological polar surface area (TPSA) is 103 Å². The van der Waals surface area contributed by atoms with Crippen molar-refractivity contribution in [2.75, 3.05) is 5.32 Å². The fourth-order valence-electron chi connectivity index (χ4n) is 2.92. The van der Waals surface area contributed by atoms with Crippen LogP contribution in [0.4, 0.5) is 10.1 Å². The second kappa shape index (κ2) is 9.74. The van der Waals surface area contributed by atoms with Crippen LogP contribution in [0.1, 0.15) is 31.1 Å². The molecule has 0 aliphatic rings. The van der Waals surface area contributed by atoms with E-state index in [4.69, 9.17) is 5.73 Å². The number of amides is 2. The van der Waals surface area contributed by atoms with Crippen LogP contribution < -0.4 is 11.1 Å². The molecule has 0 aliphatic heterocycles. The normalized spacial score (nSPS) is 12.0. The van der Waals surface area contributed by atoms with E-state index in [-0.39, 0.29) is 17.6 Å². The van der Waals surface area contributed by atoms with Gasteiger partial charge < -0.3 is 15.6 Å². The molecule has 3 aromatic rings. The van der Waals surface area contributed by atoms with Crippen molar-refractivity contribution < 1.29 is 14.0 Å². The average molecular weight is 442 g/mol. The third kappa shape index (κ3) is 5.49. The molecule has 31 heavy (non-hydrogen) atoms. The Labute approximate surface area is 184 Å². The summed E-state index contributed by atoms with van der Waals surface area (Å²) in [6.45, 7) is 6.44. The third-order valence-corrected chi connectivity index (χ3v) is 5.55. The Bertz CT molecular complexity index is 1080. The number of nitrogens with two attached hydrogens (primary N) is 1. The maximum absolute atomic E-state index is 14.3. The first-order chi connectivity index (χ1) is 14.8. The molecule has 2 amide bonds. The molecule has 0 aliphatic carbocycles. The van der Waals surface area contributed by atoms with Crippen LogP contribution in [0.15, 0.2) is 53.7 Å². The van der Waals surface area contributed by atoms with Gasteiger partial charge in [0.1, 0.15) is 5.82 Å². The molecule has 0 saturated heterocycles. The molecule has 7 nitrogen and oxygen atoms in total. The van der Waals surface area contributed by atoms with Gasteiger partial charge in [0.2, 0.25) is 11.8 Å². The lowest BCUT2D eigenvalue weighted by Crippen LogP contribution is -2.23. The lowest BCUT2D eigenvalue weighted by molar-refractivity contribution is -0.115. The van der Waals surface area contributed by atoms with Crippen LogP contribution in [0.5, 0.6) is 0 Å². The van der Waals surface area contributed by atoms with Gasteiger partial charge in [0.15, 0.2) is 11.0 Å². The van der Waals surface area contributed by atoms with Gasteiger partial charge in [-0.15, -0.1) is 10.2 Å². The van der Waals surface area contributed by atoms with Crippen molar-refractivity contribution in [2.24, 2.45) is 11.7 Å². The van der Waals surface area contributed by atoms with E-state index >= 15 is 0 Å². The molecule has 1 aromatic heterocycles. The minimum atomic E-state index is -0.531. The minimum Gasteiger partial charge on any atom is -0.366 e. The second-order valence-electron chi connectivity index (χ2n) is 7.48. The number of hydrogen-bond donors (Lipinski definition) is 2. The fraction of sp³-hybridized carbons (Fsp3) is 0.273. The number of halogens is 1. The van der Waals surface area contributed by atoms with Crippen LogP contribution >= 0.6 is 11.8 Å². The Morgan fingerprint density at radius 3 is 2.39 bits per heavy atom. The number of carbonyl (C=O) groups excluding carboxylic acids is 2. The molecule has 0 saturated carbocycles. The molecule has 2 aromatic carbocycles. The Balaban J connectivity index is 1.78.